The quantitative estimate of drug-likeness (QED) is 0.657. The lowest BCUT2D eigenvalue weighted by molar-refractivity contribution is -0.136. The van der Waals surface area contributed by atoms with Gasteiger partial charge in [0, 0.05) is 13.2 Å². The number of hydrogen-bond acceptors (Lipinski definition) is 3. The molecule has 2 atom stereocenters. The maximum absolute atomic E-state index is 10.5. The summed E-state index contributed by atoms with van der Waals surface area (Å²) in [7, 11) is 0. The topological polar surface area (TPSA) is 46.5 Å². The van der Waals surface area contributed by atoms with Gasteiger partial charge in [-0.2, -0.15) is 12.6 Å². The minimum absolute atomic E-state index is 0.386. The van der Waals surface area contributed by atoms with E-state index in [0.29, 0.717) is 18.9 Å². The lowest BCUT2D eigenvalue weighted by Gasteiger charge is -2.22. The Balaban J connectivity index is 2.24. The van der Waals surface area contributed by atoms with Crippen LogP contribution >= 0.6 is 12.6 Å². The average molecular weight is 190 g/mol. The van der Waals surface area contributed by atoms with E-state index in [1.807, 2.05) is 0 Å². The normalized spacial score (nSPS) is 26.6. The molecule has 0 radical (unpaired) electrons. The lowest BCUT2D eigenvalue weighted by Crippen LogP contribution is -2.24. The number of carbonyl (C=O) groups is 1. The number of ether oxygens (including phenoxy) is 1. The SMILES string of the molecule is O=C(O)C(S)CC1CCCOC1. The van der Waals surface area contributed by atoms with E-state index in [9.17, 15) is 4.79 Å². The molecule has 1 saturated heterocycles. The number of aliphatic carboxylic acids is 1. The van der Waals surface area contributed by atoms with Gasteiger partial charge in [-0.15, -0.1) is 0 Å². The molecular formula is C8H14O3S. The second-order valence-corrected chi connectivity index (χ2v) is 3.80. The minimum atomic E-state index is -0.830. The lowest BCUT2D eigenvalue weighted by atomic mass is 9.97. The third-order valence-corrected chi connectivity index (χ3v) is 2.53. The second kappa shape index (κ2) is 4.72. The van der Waals surface area contributed by atoms with E-state index < -0.39 is 11.2 Å². The first-order valence-electron chi connectivity index (χ1n) is 4.18. The summed E-state index contributed by atoms with van der Waals surface area (Å²) < 4.78 is 5.24. The van der Waals surface area contributed by atoms with Crippen molar-refractivity contribution in [3.8, 4) is 0 Å². The third kappa shape index (κ3) is 3.03. The monoisotopic (exact) mass is 190 g/mol. The van der Waals surface area contributed by atoms with Crippen molar-refractivity contribution in [3.63, 3.8) is 0 Å². The van der Waals surface area contributed by atoms with Crippen LogP contribution in [0.3, 0.4) is 0 Å². The molecule has 1 rings (SSSR count). The van der Waals surface area contributed by atoms with E-state index >= 15 is 0 Å². The molecule has 0 saturated carbocycles. The van der Waals surface area contributed by atoms with Gasteiger partial charge < -0.3 is 9.84 Å². The zero-order chi connectivity index (χ0) is 8.97. The third-order valence-electron chi connectivity index (χ3n) is 2.10. The highest BCUT2D eigenvalue weighted by Crippen LogP contribution is 2.20. The molecule has 0 bridgehead atoms. The Morgan fingerprint density at radius 3 is 3.00 bits per heavy atom. The summed E-state index contributed by atoms with van der Waals surface area (Å²) in [5, 5.41) is 8.06. The summed E-state index contributed by atoms with van der Waals surface area (Å²) in [6.07, 6.45) is 2.74. The molecule has 0 aliphatic carbocycles. The fourth-order valence-electron chi connectivity index (χ4n) is 1.41. The largest absolute Gasteiger partial charge is 0.480 e. The van der Waals surface area contributed by atoms with Crippen LogP contribution in [-0.2, 0) is 9.53 Å². The fourth-order valence-corrected chi connectivity index (χ4v) is 1.71. The highest BCUT2D eigenvalue weighted by molar-refractivity contribution is 7.81. The van der Waals surface area contributed by atoms with Crippen molar-refractivity contribution < 1.29 is 14.6 Å². The maximum Gasteiger partial charge on any atom is 0.316 e. The van der Waals surface area contributed by atoms with Gasteiger partial charge in [0.25, 0.3) is 0 Å². The Hall–Kier alpha value is -0.220. The standard InChI is InChI=1S/C8H14O3S/c9-8(10)7(12)4-6-2-1-3-11-5-6/h6-7,12H,1-5H2,(H,9,10). The van der Waals surface area contributed by atoms with E-state index in [4.69, 9.17) is 9.84 Å². The molecule has 1 N–H and O–H groups in total. The summed E-state index contributed by atoms with van der Waals surface area (Å²) in [5.74, 6) is -0.443. The molecule has 12 heavy (non-hydrogen) atoms. The van der Waals surface area contributed by atoms with Gasteiger partial charge in [0.05, 0.1) is 5.25 Å². The van der Waals surface area contributed by atoms with Crippen LogP contribution < -0.4 is 0 Å². The molecule has 1 heterocycles. The predicted octanol–water partition coefficient (Wildman–Crippen LogP) is 1.19. The van der Waals surface area contributed by atoms with Crippen molar-refractivity contribution in [3.05, 3.63) is 0 Å². The summed E-state index contributed by atoms with van der Waals surface area (Å²) in [4.78, 5) is 10.5. The average Bonchev–Trinajstić information content (AvgIpc) is 2.06. The molecule has 0 aromatic carbocycles. The van der Waals surface area contributed by atoms with Crippen molar-refractivity contribution in [2.24, 2.45) is 5.92 Å². The van der Waals surface area contributed by atoms with Crippen LogP contribution in [0.25, 0.3) is 0 Å². The van der Waals surface area contributed by atoms with Crippen molar-refractivity contribution in [1.29, 1.82) is 0 Å². The van der Waals surface area contributed by atoms with Gasteiger partial charge in [-0.3, -0.25) is 4.79 Å². The molecule has 3 nitrogen and oxygen atoms in total. The molecular weight excluding hydrogens is 176 g/mol. The highest BCUT2D eigenvalue weighted by atomic mass is 32.1. The zero-order valence-corrected chi connectivity index (χ0v) is 7.80. The van der Waals surface area contributed by atoms with Gasteiger partial charge in [0.2, 0.25) is 0 Å². The van der Waals surface area contributed by atoms with E-state index in [-0.39, 0.29) is 0 Å². The van der Waals surface area contributed by atoms with E-state index in [2.05, 4.69) is 12.6 Å². The molecule has 1 fully saturated rings. The van der Waals surface area contributed by atoms with Crippen molar-refractivity contribution >= 4 is 18.6 Å². The Bertz CT molecular complexity index is 154. The summed E-state index contributed by atoms with van der Waals surface area (Å²) in [6, 6.07) is 0. The van der Waals surface area contributed by atoms with Crippen LogP contribution in [0.4, 0.5) is 0 Å². The minimum Gasteiger partial charge on any atom is -0.480 e. The van der Waals surface area contributed by atoms with E-state index in [1.165, 1.54) is 0 Å². The van der Waals surface area contributed by atoms with E-state index in [1.54, 1.807) is 0 Å². The van der Waals surface area contributed by atoms with Crippen molar-refractivity contribution in [2.45, 2.75) is 24.5 Å². The predicted molar refractivity (Wildman–Crippen MR) is 48.6 cm³/mol. The number of thiol groups is 1. The number of hydrogen-bond donors (Lipinski definition) is 2. The van der Waals surface area contributed by atoms with Crippen LogP contribution in [0.2, 0.25) is 0 Å². The Kier molecular flexibility index (Phi) is 3.88. The Labute approximate surface area is 77.5 Å². The number of carboxylic acid groups (broad SMARTS) is 1. The van der Waals surface area contributed by atoms with Crippen LogP contribution in [0.5, 0.6) is 0 Å². The van der Waals surface area contributed by atoms with Crippen LogP contribution in [-0.4, -0.2) is 29.5 Å². The first-order valence-corrected chi connectivity index (χ1v) is 4.70. The summed E-state index contributed by atoms with van der Waals surface area (Å²) in [6.45, 7) is 1.52. The van der Waals surface area contributed by atoms with Crippen LogP contribution in [0.1, 0.15) is 19.3 Å². The first-order chi connectivity index (χ1) is 5.70. The van der Waals surface area contributed by atoms with Gasteiger partial charge in [-0.1, -0.05) is 0 Å². The second-order valence-electron chi connectivity index (χ2n) is 3.17. The molecule has 70 valence electrons. The van der Waals surface area contributed by atoms with Gasteiger partial charge in [0.1, 0.15) is 0 Å². The van der Waals surface area contributed by atoms with Crippen molar-refractivity contribution in [2.75, 3.05) is 13.2 Å². The molecule has 0 amide bonds. The van der Waals surface area contributed by atoms with Crippen molar-refractivity contribution in [1.82, 2.24) is 0 Å². The molecule has 0 aromatic heterocycles. The molecule has 4 heteroatoms. The summed E-state index contributed by atoms with van der Waals surface area (Å²) in [5.41, 5.74) is 0. The molecule has 2 unspecified atom stereocenters. The first kappa shape index (κ1) is 9.86. The zero-order valence-electron chi connectivity index (χ0n) is 6.90. The van der Waals surface area contributed by atoms with Gasteiger partial charge in [-0.05, 0) is 25.2 Å². The van der Waals surface area contributed by atoms with Gasteiger partial charge >= 0.3 is 5.97 Å². The molecule has 1 aliphatic heterocycles. The van der Waals surface area contributed by atoms with E-state index in [0.717, 1.165) is 19.4 Å². The molecule has 0 spiro atoms. The number of rotatable bonds is 3. The Morgan fingerprint density at radius 2 is 2.50 bits per heavy atom. The fraction of sp³-hybridized carbons (Fsp3) is 0.875. The Morgan fingerprint density at radius 1 is 1.75 bits per heavy atom. The molecule has 0 aromatic rings. The summed E-state index contributed by atoms with van der Waals surface area (Å²) >= 11 is 3.98. The van der Waals surface area contributed by atoms with Gasteiger partial charge in [0.15, 0.2) is 0 Å². The molecule has 1 aliphatic rings. The smallest absolute Gasteiger partial charge is 0.316 e. The van der Waals surface area contributed by atoms with Gasteiger partial charge in [-0.25, -0.2) is 0 Å². The number of carboxylic acids is 1. The van der Waals surface area contributed by atoms with Crippen LogP contribution in [0, 0.1) is 5.92 Å². The maximum atomic E-state index is 10.5. The van der Waals surface area contributed by atoms with Crippen LogP contribution in [0.15, 0.2) is 0 Å². The highest BCUT2D eigenvalue weighted by Gasteiger charge is 2.20.